The third-order valence-electron chi connectivity index (χ3n) is 7.82. The van der Waals surface area contributed by atoms with Crippen LogP contribution < -0.4 is 16.1 Å². The van der Waals surface area contributed by atoms with Gasteiger partial charge in [0, 0.05) is 49.9 Å². The Labute approximate surface area is 229 Å². The number of carbonyl (C=O) groups excluding carboxylic acids is 1. The maximum atomic E-state index is 13.7. The Morgan fingerprint density at radius 2 is 1.72 bits per heavy atom. The highest BCUT2D eigenvalue weighted by atomic mass is 16.3. The zero-order valence-electron chi connectivity index (χ0n) is 22.2. The number of fused-ring (bicyclic) bond motifs is 1. The number of nitroso groups, excluding NO2 is 1. The first kappa shape index (κ1) is 26.6. The SMILES string of the molecule is CN(Cc1ccccc1B(O)N=O)c1cccc2c(C(=O)N3CCC(c4cccc(CN)c4)CC3)cccc12. The molecule has 0 unspecified atom stereocenters. The molecule has 7 nitrogen and oxygen atoms in total. The second kappa shape index (κ2) is 11.8. The van der Waals surface area contributed by atoms with E-state index in [4.69, 9.17) is 5.73 Å². The van der Waals surface area contributed by atoms with Gasteiger partial charge >= 0.3 is 7.05 Å². The number of likely N-dealkylation sites (tertiary alicyclic amines) is 1. The highest BCUT2D eigenvalue weighted by molar-refractivity contribution is 6.64. The van der Waals surface area contributed by atoms with Crippen LogP contribution in [-0.2, 0) is 13.1 Å². The van der Waals surface area contributed by atoms with E-state index in [9.17, 15) is 14.7 Å². The summed E-state index contributed by atoms with van der Waals surface area (Å²) in [6.45, 7) is 2.44. The van der Waals surface area contributed by atoms with Gasteiger partial charge in [-0.1, -0.05) is 77.9 Å². The summed E-state index contributed by atoms with van der Waals surface area (Å²) in [5.41, 5.74) is 11.3. The van der Waals surface area contributed by atoms with E-state index in [1.165, 1.54) is 5.56 Å². The number of piperidine rings is 1. The smallest absolute Gasteiger partial charge is 0.425 e. The molecule has 39 heavy (non-hydrogen) atoms. The summed E-state index contributed by atoms with van der Waals surface area (Å²) in [4.78, 5) is 28.7. The lowest BCUT2D eigenvalue weighted by Gasteiger charge is -2.33. The number of hydrogen-bond acceptors (Lipinski definition) is 6. The number of amides is 1. The number of nitrogens with two attached hydrogens (primary N) is 1. The minimum atomic E-state index is -1.40. The molecule has 0 aliphatic carbocycles. The number of rotatable bonds is 8. The lowest BCUT2D eigenvalue weighted by molar-refractivity contribution is 0.0715. The number of hydrogen-bond donors (Lipinski definition) is 2. The second-order valence-corrected chi connectivity index (χ2v) is 10.2. The van der Waals surface area contributed by atoms with Crippen molar-refractivity contribution >= 4 is 34.9 Å². The first-order chi connectivity index (χ1) is 19.0. The molecule has 0 saturated carbocycles. The van der Waals surface area contributed by atoms with Crippen molar-refractivity contribution in [3.05, 3.63) is 112 Å². The molecule has 0 aromatic heterocycles. The summed E-state index contributed by atoms with van der Waals surface area (Å²) in [5, 5.41) is 14.7. The number of anilines is 1. The van der Waals surface area contributed by atoms with E-state index in [1.807, 2.05) is 60.5 Å². The molecule has 1 amide bonds. The van der Waals surface area contributed by atoms with Crippen LogP contribution in [0.5, 0.6) is 0 Å². The Kier molecular flexibility index (Phi) is 8.05. The molecule has 1 heterocycles. The van der Waals surface area contributed by atoms with Crippen molar-refractivity contribution < 1.29 is 9.82 Å². The van der Waals surface area contributed by atoms with Crippen LogP contribution in [0.3, 0.4) is 0 Å². The maximum absolute atomic E-state index is 13.7. The standard InChI is InChI=1S/C31H33BN4O3/c1-35(21-25-8-2-3-13-29(25)32(38)34-39)30-14-6-10-26-27(30)11-5-12-28(26)31(37)36-17-15-23(16-18-36)24-9-4-7-22(19-24)20-33/h2-14,19,23,38H,15-18,20-21,33H2,1H3. The van der Waals surface area contributed by atoms with Crippen LogP contribution in [0.25, 0.3) is 10.8 Å². The first-order valence-electron chi connectivity index (χ1n) is 13.4. The number of nitrogens with zero attached hydrogens (tertiary/aromatic N) is 3. The van der Waals surface area contributed by atoms with Gasteiger partial charge in [0.05, 0.1) is 0 Å². The summed E-state index contributed by atoms with van der Waals surface area (Å²) in [5.74, 6) is 0.490. The van der Waals surface area contributed by atoms with E-state index in [1.54, 1.807) is 12.1 Å². The minimum absolute atomic E-state index is 0.0556. The monoisotopic (exact) mass is 520 g/mol. The van der Waals surface area contributed by atoms with E-state index in [0.717, 1.165) is 53.5 Å². The van der Waals surface area contributed by atoms with Crippen molar-refractivity contribution in [3.8, 4) is 0 Å². The van der Waals surface area contributed by atoms with Gasteiger partial charge in [0.25, 0.3) is 5.91 Å². The van der Waals surface area contributed by atoms with Crippen LogP contribution in [-0.4, -0.2) is 43.0 Å². The lowest BCUT2D eigenvalue weighted by Crippen LogP contribution is -2.38. The molecule has 1 aliphatic rings. The molecule has 0 atom stereocenters. The van der Waals surface area contributed by atoms with E-state index in [2.05, 4.69) is 34.3 Å². The molecular weight excluding hydrogens is 487 g/mol. The summed E-state index contributed by atoms with van der Waals surface area (Å²) >= 11 is 0. The van der Waals surface area contributed by atoms with Gasteiger partial charge in [0.15, 0.2) is 0 Å². The number of benzene rings is 4. The van der Waals surface area contributed by atoms with Crippen molar-refractivity contribution in [2.45, 2.75) is 31.8 Å². The Morgan fingerprint density at radius 1 is 1.00 bits per heavy atom. The van der Waals surface area contributed by atoms with E-state index >= 15 is 0 Å². The fourth-order valence-electron chi connectivity index (χ4n) is 5.70. The Morgan fingerprint density at radius 3 is 2.49 bits per heavy atom. The predicted octanol–water partition coefficient (Wildman–Crippen LogP) is 4.41. The number of carbonyl (C=O) groups is 1. The molecule has 5 rings (SSSR count). The van der Waals surface area contributed by atoms with Gasteiger partial charge < -0.3 is 20.6 Å². The van der Waals surface area contributed by atoms with Gasteiger partial charge in [-0.15, -0.1) is 0 Å². The molecule has 1 aliphatic heterocycles. The van der Waals surface area contributed by atoms with Crippen LogP contribution in [0.15, 0.2) is 90.0 Å². The van der Waals surface area contributed by atoms with Crippen molar-refractivity contribution in [1.29, 1.82) is 0 Å². The van der Waals surface area contributed by atoms with E-state index < -0.39 is 7.05 Å². The Balaban J connectivity index is 1.36. The van der Waals surface area contributed by atoms with Crippen molar-refractivity contribution in [2.75, 3.05) is 25.0 Å². The highest BCUT2D eigenvalue weighted by Gasteiger charge is 2.26. The normalized spacial score (nSPS) is 13.9. The van der Waals surface area contributed by atoms with Crippen molar-refractivity contribution in [2.24, 2.45) is 10.8 Å². The van der Waals surface area contributed by atoms with Gasteiger partial charge in [0.2, 0.25) is 0 Å². The molecular formula is C31H33BN4O3. The molecule has 4 aromatic rings. The topological polar surface area (TPSA) is 99.2 Å². The molecule has 0 bridgehead atoms. The highest BCUT2D eigenvalue weighted by Crippen LogP contribution is 2.32. The predicted molar refractivity (Wildman–Crippen MR) is 158 cm³/mol. The van der Waals surface area contributed by atoms with Gasteiger partial charge in [-0.2, -0.15) is 4.91 Å². The Hall–Kier alpha value is -4.01. The van der Waals surface area contributed by atoms with Crippen LogP contribution in [0, 0.1) is 4.91 Å². The van der Waals surface area contributed by atoms with Crippen LogP contribution in [0.1, 0.15) is 45.8 Å². The fraction of sp³-hybridized carbons (Fsp3) is 0.258. The van der Waals surface area contributed by atoms with Crippen LogP contribution in [0.2, 0.25) is 0 Å². The molecule has 0 spiro atoms. The van der Waals surface area contributed by atoms with E-state index in [0.29, 0.717) is 30.0 Å². The molecule has 8 heteroatoms. The average molecular weight is 520 g/mol. The zero-order chi connectivity index (χ0) is 27.4. The maximum Gasteiger partial charge on any atom is 0.517 e. The summed E-state index contributed by atoms with van der Waals surface area (Å²) in [6, 6.07) is 27.6. The largest absolute Gasteiger partial charge is 0.517 e. The van der Waals surface area contributed by atoms with Gasteiger partial charge in [-0.05, 0) is 58.4 Å². The Bertz CT molecular complexity index is 1490. The lowest BCUT2D eigenvalue weighted by atomic mass is 9.73. The zero-order valence-corrected chi connectivity index (χ0v) is 22.2. The van der Waals surface area contributed by atoms with E-state index in [-0.39, 0.29) is 5.91 Å². The molecule has 1 fully saturated rings. The third kappa shape index (κ3) is 5.58. The first-order valence-corrected chi connectivity index (χ1v) is 13.4. The third-order valence-corrected chi connectivity index (χ3v) is 7.82. The second-order valence-electron chi connectivity index (χ2n) is 10.2. The quantitative estimate of drug-likeness (QED) is 0.265. The van der Waals surface area contributed by atoms with Crippen molar-refractivity contribution in [1.82, 2.24) is 4.90 Å². The molecule has 1 saturated heterocycles. The van der Waals surface area contributed by atoms with Gasteiger partial charge in [-0.3, -0.25) is 4.79 Å². The van der Waals surface area contributed by atoms with Crippen molar-refractivity contribution in [3.63, 3.8) is 0 Å². The minimum Gasteiger partial charge on any atom is -0.425 e. The van der Waals surface area contributed by atoms with Crippen LogP contribution in [0.4, 0.5) is 5.69 Å². The molecule has 0 radical (unpaired) electrons. The molecule has 3 N–H and O–H groups in total. The average Bonchev–Trinajstić information content (AvgIpc) is 3.00. The fourth-order valence-corrected chi connectivity index (χ4v) is 5.70. The van der Waals surface area contributed by atoms with Crippen LogP contribution >= 0.6 is 0 Å². The van der Waals surface area contributed by atoms with Gasteiger partial charge in [0.1, 0.15) is 0 Å². The summed E-state index contributed by atoms with van der Waals surface area (Å²) < 4.78 is 0. The van der Waals surface area contributed by atoms with Gasteiger partial charge in [-0.25, -0.2) is 0 Å². The summed E-state index contributed by atoms with van der Waals surface area (Å²) in [7, 11) is 0.561. The molecule has 198 valence electrons. The summed E-state index contributed by atoms with van der Waals surface area (Å²) in [6.07, 6.45) is 1.86. The molecule has 4 aromatic carbocycles.